The minimum absolute atomic E-state index is 0.152. The Hall–Kier alpha value is -2.47. The maximum Gasteiger partial charge on any atom is 0.410 e. The number of ether oxygens (including phenoxy) is 3. The van der Waals surface area contributed by atoms with Crippen molar-refractivity contribution < 1.29 is 19.0 Å². The van der Waals surface area contributed by atoms with Gasteiger partial charge in [-0.25, -0.2) is 4.79 Å². The van der Waals surface area contributed by atoms with Crippen LogP contribution in [0, 0.1) is 3.70 Å². The molecule has 1 aromatic carbocycles. The van der Waals surface area contributed by atoms with Gasteiger partial charge in [-0.1, -0.05) is 12.1 Å². The molecule has 33 heavy (non-hydrogen) atoms. The third-order valence-corrected chi connectivity index (χ3v) is 6.10. The van der Waals surface area contributed by atoms with Crippen LogP contribution in [0.2, 0.25) is 0 Å². The van der Waals surface area contributed by atoms with Crippen LogP contribution in [0.5, 0.6) is 5.75 Å². The molecule has 176 valence electrons. The second kappa shape index (κ2) is 9.80. The molecule has 0 unspecified atom stereocenters. The summed E-state index contributed by atoms with van der Waals surface area (Å²) in [5.74, 6) is 0.680. The fraction of sp³-hybridized carbons (Fsp3) is 0.478. The zero-order valence-electron chi connectivity index (χ0n) is 19.2. The summed E-state index contributed by atoms with van der Waals surface area (Å²) in [5, 5.41) is 13.7. The number of carbonyl (C=O) groups is 1. The molecule has 1 amide bonds. The summed E-state index contributed by atoms with van der Waals surface area (Å²) in [6, 6.07) is 9.85. The summed E-state index contributed by atoms with van der Waals surface area (Å²) in [4.78, 5) is 14.2. The molecule has 0 spiro atoms. The highest BCUT2D eigenvalue weighted by atomic mass is 127. The number of halogens is 1. The van der Waals surface area contributed by atoms with Crippen molar-refractivity contribution in [3.8, 4) is 17.0 Å². The van der Waals surface area contributed by atoms with E-state index in [-0.39, 0.29) is 18.9 Å². The third kappa shape index (κ3) is 5.37. The fourth-order valence-electron chi connectivity index (χ4n) is 3.86. The van der Waals surface area contributed by atoms with Crippen molar-refractivity contribution in [2.45, 2.75) is 45.3 Å². The van der Waals surface area contributed by atoms with Crippen LogP contribution in [-0.4, -0.2) is 63.6 Å². The third-order valence-electron chi connectivity index (χ3n) is 5.37. The lowest BCUT2D eigenvalue weighted by molar-refractivity contribution is 0.0186. The maximum atomic E-state index is 12.4. The maximum absolute atomic E-state index is 12.4. The number of methoxy groups -OCH3 is 1. The van der Waals surface area contributed by atoms with Gasteiger partial charge in [0.05, 0.1) is 17.3 Å². The largest absolute Gasteiger partial charge is 0.467 e. The van der Waals surface area contributed by atoms with Gasteiger partial charge < -0.3 is 19.1 Å². The van der Waals surface area contributed by atoms with E-state index >= 15 is 0 Å². The predicted molar refractivity (Wildman–Crippen MR) is 132 cm³/mol. The quantitative estimate of drug-likeness (QED) is 0.329. The monoisotopic (exact) mass is 565 g/mol. The molecule has 1 aliphatic rings. The van der Waals surface area contributed by atoms with Gasteiger partial charge in [-0.2, -0.15) is 5.10 Å². The molecule has 0 radical (unpaired) electrons. The lowest BCUT2D eigenvalue weighted by Crippen LogP contribution is -2.42. The number of aromatic nitrogens is 4. The van der Waals surface area contributed by atoms with Crippen molar-refractivity contribution in [1.82, 2.24) is 24.9 Å². The molecule has 1 saturated heterocycles. The van der Waals surface area contributed by atoms with E-state index in [1.54, 1.807) is 12.0 Å². The standard InChI is InChI=1S/C23H28IN5O4/c1-23(2,3)33-22(30)28-11-9-15(10-12-28)29-18-13-17(25-26-20(18)21(24)27-29)16-7-5-6-8-19(16)32-14-31-4/h5-8,13,15H,9-12,14H2,1-4H3. The summed E-state index contributed by atoms with van der Waals surface area (Å²) in [6.45, 7) is 7.04. The van der Waals surface area contributed by atoms with E-state index in [1.807, 2.05) is 55.8 Å². The molecule has 9 nitrogen and oxygen atoms in total. The van der Waals surface area contributed by atoms with Crippen molar-refractivity contribution in [1.29, 1.82) is 0 Å². The number of hydrogen-bond acceptors (Lipinski definition) is 7. The van der Waals surface area contributed by atoms with E-state index in [2.05, 4.69) is 32.8 Å². The fourth-order valence-corrected chi connectivity index (χ4v) is 4.47. The Kier molecular flexibility index (Phi) is 7.03. The number of piperidine rings is 1. The summed E-state index contributed by atoms with van der Waals surface area (Å²) < 4.78 is 19.1. The van der Waals surface area contributed by atoms with Gasteiger partial charge in [0, 0.05) is 25.8 Å². The van der Waals surface area contributed by atoms with E-state index in [0.717, 1.165) is 33.1 Å². The Bertz CT molecular complexity index is 1140. The van der Waals surface area contributed by atoms with Gasteiger partial charge >= 0.3 is 6.09 Å². The van der Waals surface area contributed by atoms with Crippen LogP contribution in [0.15, 0.2) is 30.3 Å². The van der Waals surface area contributed by atoms with E-state index in [1.165, 1.54) is 0 Å². The Balaban J connectivity index is 1.59. The van der Waals surface area contributed by atoms with E-state index < -0.39 is 5.60 Å². The summed E-state index contributed by atoms with van der Waals surface area (Å²) in [7, 11) is 1.59. The lowest BCUT2D eigenvalue weighted by atomic mass is 10.1. The van der Waals surface area contributed by atoms with Crippen molar-refractivity contribution in [2.24, 2.45) is 0 Å². The minimum atomic E-state index is -0.499. The van der Waals surface area contributed by atoms with Gasteiger partial charge in [0.2, 0.25) is 0 Å². The van der Waals surface area contributed by atoms with Gasteiger partial charge in [-0.15, -0.1) is 10.2 Å². The molecule has 0 saturated carbocycles. The molecule has 1 aliphatic heterocycles. The first-order valence-electron chi connectivity index (χ1n) is 10.9. The first-order chi connectivity index (χ1) is 15.8. The number of para-hydroxylation sites is 1. The lowest BCUT2D eigenvalue weighted by Gasteiger charge is -2.33. The second-order valence-corrected chi connectivity index (χ2v) is 9.97. The van der Waals surface area contributed by atoms with Crippen LogP contribution >= 0.6 is 22.6 Å². The van der Waals surface area contributed by atoms with Gasteiger partial charge in [0.25, 0.3) is 0 Å². The molecule has 0 N–H and O–H groups in total. The predicted octanol–water partition coefficient (Wildman–Crippen LogP) is 4.65. The Morgan fingerprint density at radius 3 is 2.61 bits per heavy atom. The van der Waals surface area contributed by atoms with Crippen LogP contribution in [0.1, 0.15) is 39.7 Å². The number of likely N-dealkylation sites (tertiary alicyclic amines) is 1. The van der Waals surface area contributed by atoms with Gasteiger partial charge in [0.15, 0.2) is 10.5 Å². The Labute approximate surface area is 206 Å². The van der Waals surface area contributed by atoms with Crippen molar-refractivity contribution >= 4 is 39.7 Å². The average molecular weight is 565 g/mol. The molecule has 2 aromatic heterocycles. The molecule has 4 rings (SSSR count). The highest BCUT2D eigenvalue weighted by Gasteiger charge is 2.29. The molecule has 3 aromatic rings. The number of fused-ring (bicyclic) bond motifs is 1. The van der Waals surface area contributed by atoms with Crippen LogP contribution in [-0.2, 0) is 9.47 Å². The van der Waals surface area contributed by atoms with Crippen molar-refractivity contribution in [2.75, 3.05) is 27.0 Å². The molecule has 3 heterocycles. The van der Waals surface area contributed by atoms with E-state index in [9.17, 15) is 4.79 Å². The van der Waals surface area contributed by atoms with E-state index in [0.29, 0.717) is 24.5 Å². The Morgan fingerprint density at radius 2 is 1.91 bits per heavy atom. The molecule has 0 atom stereocenters. The van der Waals surface area contributed by atoms with Gasteiger partial charge in [0.1, 0.15) is 16.9 Å². The number of benzene rings is 1. The van der Waals surface area contributed by atoms with Crippen LogP contribution < -0.4 is 4.74 Å². The summed E-state index contributed by atoms with van der Waals surface area (Å²) in [5.41, 5.74) is 2.73. The second-order valence-electron chi connectivity index (χ2n) is 8.94. The minimum Gasteiger partial charge on any atom is -0.467 e. The molecule has 10 heteroatoms. The van der Waals surface area contributed by atoms with E-state index in [4.69, 9.17) is 19.3 Å². The number of carbonyl (C=O) groups excluding carboxylic acids is 1. The Morgan fingerprint density at radius 1 is 1.18 bits per heavy atom. The first-order valence-corrected chi connectivity index (χ1v) is 11.9. The average Bonchev–Trinajstić information content (AvgIpc) is 3.12. The molecule has 0 bridgehead atoms. The molecule has 0 aliphatic carbocycles. The number of rotatable bonds is 5. The molecular formula is C23H28IN5O4. The number of hydrogen-bond donors (Lipinski definition) is 0. The first kappa shape index (κ1) is 23.7. The van der Waals surface area contributed by atoms with Crippen LogP contribution in [0.3, 0.4) is 0 Å². The number of nitrogens with zero attached hydrogens (tertiary/aromatic N) is 5. The molecular weight excluding hydrogens is 537 g/mol. The highest BCUT2D eigenvalue weighted by molar-refractivity contribution is 14.1. The molecule has 1 fully saturated rings. The zero-order valence-corrected chi connectivity index (χ0v) is 21.4. The van der Waals surface area contributed by atoms with Gasteiger partial charge in [-0.05, 0) is 74.4 Å². The smallest absolute Gasteiger partial charge is 0.410 e. The van der Waals surface area contributed by atoms with Gasteiger partial charge in [-0.3, -0.25) is 4.68 Å². The summed E-state index contributed by atoms with van der Waals surface area (Å²) >= 11 is 2.20. The zero-order chi connectivity index (χ0) is 23.6. The number of amides is 1. The van der Waals surface area contributed by atoms with Crippen LogP contribution in [0.4, 0.5) is 4.79 Å². The summed E-state index contributed by atoms with van der Waals surface area (Å²) in [6.07, 6.45) is 1.32. The highest BCUT2D eigenvalue weighted by Crippen LogP contribution is 2.33. The van der Waals surface area contributed by atoms with Crippen LogP contribution in [0.25, 0.3) is 22.3 Å². The normalized spacial score (nSPS) is 15.1. The van der Waals surface area contributed by atoms with Crippen molar-refractivity contribution in [3.05, 3.63) is 34.0 Å². The topological polar surface area (TPSA) is 91.6 Å². The van der Waals surface area contributed by atoms with Crippen molar-refractivity contribution in [3.63, 3.8) is 0 Å². The SMILES string of the molecule is COCOc1ccccc1-c1cc2c(nn1)c(I)nn2C1CCN(C(=O)OC(C)(C)C)CC1.